The van der Waals surface area contributed by atoms with Gasteiger partial charge in [-0.2, -0.15) is 4.31 Å². The molecule has 1 fully saturated rings. The Bertz CT molecular complexity index is 1050. The predicted molar refractivity (Wildman–Crippen MR) is 122 cm³/mol. The number of hydrogen-bond acceptors (Lipinski definition) is 5. The summed E-state index contributed by atoms with van der Waals surface area (Å²) < 4.78 is 32.6. The van der Waals surface area contributed by atoms with Crippen LogP contribution in [0.5, 0.6) is 0 Å². The molecular formula is C23H27N3O5S. The lowest BCUT2D eigenvalue weighted by Crippen LogP contribution is -2.46. The zero-order valence-electron chi connectivity index (χ0n) is 17.9. The maximum Gasteiger partial charge on any atom is 0.414 e. The quantitative estimate of drug-likeness (QED) is 0.645. The Morgan fingerprint density at radius 2 is 1.75 bits per heavy atom. The van der Waals surface area contributed by atoms with Crippen molar-refractivity contribution >= 4 is 27.7 Å². The SMILES string of the molecule is C=CC(=O)NC1CCN(S(=O)(=O)c2ccc(N(C)C(=O)OCc3ccccc3)cc2)CC1. The van der Waals surface area contributed by atoms with Crippen molar-refractivity contribution in [2.24, 2.45) is 0 Å². The van der Waals surface area contributed by atoms with Crippen LogP contribution in [0, 0.1) is 0 Å². The van der Waals surface area contributed by atoms with Gasteiger partial charge >= 0.3 is 6.09 Å². The fraction of sp³-hybridized carbons (Fsp3) is 0.304. The van der Waals surface area contributed by atoms with Crippen molar-refractivity contribution in [1.29, 1.82) is 0 Å². The topological polar surface area (TPSA) is 96.0 Å². The normalized spacial score (nSPS) is 15.0. The maximum absolute atomic E-state index is 13.0. The molecule has 1 aliphatic heterocycles. The van der Waals surface area contributed by atoms with Gasteiger partial charge in [0.25, 0.3) is 0 Å². The minimum atomic E-state index is -3.66. The monoisotopic (exact) mass is 457 g/mol. The highest BCUT2D eigenvalue weighted by molar-refractivity contribution is 7.89. The largest absolute Gasteiger partial charge is 0.444 e. The van der Waals surface area contributed by atoms with E-state index in [1.807, 2.05) is 30.3 Å². The molecule has 1 N–H and O–H groups in total. The van der Waals surface area contributed by atoms with Gasteiger partial charge in [0.2, 0.25) is 15.9 Å². The van der Waals surface area contributed by atoms with Gasteiger partial charge in [-0.25, -0.2) is 13.2 Å². The number of benzene rings is 2. The molecule has 3 rings (SSSR count). The predicted octanol–water partition coefficient (Wildman–Crippen LogP) is 2.91. The number of carbonyl (C=O) groups is 2. The van der Waals surface area contributed by atoms with E-state index in [-0.39, 0.29) is 23.5 Å². The average molecular weight is 458 g/mol. The zero-order valence-corrected chi connectivity index (χ0v) is 18.8. The minimum Gasteiger partial charge on any atom is -0.444 e. The molecule has 9 heteroatoms. The molecule has 8 nitrogen and oxygen atoms in total. The van der Waals surface area contributed by atoms with E-state index in [0.717, 1.165) is 5.56 Å². The highest BCUT2D eigenvalue weighted by Crippen LogP contribution is 2.23. The summed E-state index contributed by atoms with van der Waals surface area (Å²) in [4.78, 5) is 25.2. The molecule has 1 heterocycles. The van der Waals surface area contributed by atoms with Gasteiger partial charge in [-0.15, -0.1) is 0 Å². The van der Waals surface area contributed by atoms with E-state index in [4.69, 9.17) is 4.74 Å². The summed E-state index contributed by atoms with van der Waals surface area (Å²) in [6.07, 6.45) is 1.74. The second-order valence-corrected chi connectivity index (χ2v) is 9.42. The number of amides is 2. The van der Waals surface area contributed by atoms with E-state index in [1.165, 1.54) is 27.4 Å². The smallest absolute Gasteiger partial charge is 0.414 e. The molecule has 0 radical (unpaired) electrons. The summed E-state index contributed by atoms with van der Waals surface area (Å²) in [7, 11) is -2.09. The number of hydrogen-bond donors (Lipinski definition) is 1. The molecule has 0 atom stereocenters. The maximum atomic E-state index is 13.0. The van der Waals surface area contributed by atoms with Crippen LogP contribution in [0.15, 0.2) is 72.1 Å². The lowest BCUT2D eigenvalue weighted by Gasteiger charge is -2.31. The van der Waals surface area contributed by atoms with Gasteiger partial charge in [-0.3, -0.25) is 9.69 Å². The third-order valence-electron chi connectivity index (χ3n) is 5.33. The first kappa shape index (κ1) is 23.5. The lowest BCUT2D eigenvalue weighted by atomic mass is 10.1. The first-order chi connectivity index (χ1) is 15.3. The Morgan fingerprint density at radius 1 is 1.12 bits per heavy atom. The summed E-state index contributed by atoms with van der Waals surface area (Å²) in [6, 6.07) is 15.4. The van der Waals surface area contributed by atoms with Crippen LogP contribution in [0.2, 0.25) is 0 Å². The number of piperidine rings is 1. The third-order valence-corrected chi connectivity index (χ3v) is 7.24. The van der Waals surface area contributed by atoms with Gasteiger partial charge < -0.3 is 10.1 Å². The molecular weight excluding hydrogens is 430 g/mol. The number of ether oxygens (including phenoxy) is 1. The van der Waals surface area contributed by atoms with Crippen molar-refractivity contribution in [1.82, 2.24) is 9.62 Å². The summed E-state index contributed by atoms with van der Waals surface area (Å²) in [5.74, 6) is -0.256. The minimum absolute atomic E-state index is 0.0649. The Kier molecular flexibility index (Phi) is 7.66. The molecule has 0 aromatic heterocycles. The van der Waals surface area contributed by atoms with Gasteiger partial charge in [0.05, 0.1) is 4.90 Å². The van der Waals surface area contributed by atoms with Crippen LogP contribution in [0.3, 0.4) is 0 Å². The zero-order chi connectivity index (χ0) is 23.1. The van der Waals surface area contributed by atoms with E-state index in [2.05, 4.69) is 11.9 Å². The second kappa shape index (κ2) is 10.4. The summed E-state index contributed by atoms with van der Waals surface area (Å²) in [5.41, 5.74) is 1.40. The van der Waals surface area contributed by atoms with Gasteiger partial charge in [0, 0.05) is 31.9 Å². The molecule has 2 amide bonds. The first-order valence-electron chi connectivity index (χ1n) is 10.3. The standard InChI is InChI=1S/C23H27N3O5S/c1-3-22(27)24-19-13-15-26(16-14-19)32(29,30)21-11-9-20(10-12-21)25(2)23(28)31-17-18-7-5-4-6-8-18/h3-12,19H,1,13-17H2,2H3,(H,24,27). The van der Waals surface area contributed by atoms with Gasteiger partial charge in [-0.1, -0.05) is 36.9 Å². The molecule has 0 saturated carbocycles. The van der Waals surface area contributed by atoms with Crippen LogP contribution in [0.4, 0.5) is 10.5 Å². The molecule has 32 heavy (non-hydrogen) atoms. The molecule has 2 aromatic rings. The highest BCUT2D eigenvalue weighted by Gasteiger charge is 2.30. The fourth-order valence-electron chi connectivity index (χ4n) is 3.41. The lowest BCUT2D eigenvalue weighted by molar-refractivity contribution is -0.117. The van der Waals surface area contributed by atoms with Crippen LogP contribution in [-0.4, -0.2) is 50.9 Å². The van der Waals surface area contributed by atoms with Crippen molar-refractivity contribution in [2.75, 3.05) is 25.0 Å². The Morgan fingerprint density at radius 3 is 2.34 bits per heavy atom. The van der Waals surface area contributed by atoms with Crippen molar-refractivity contribution < 1.29 is 22.7 Å². The van der Waals surface area contributed by atoms with Gasteiger partial charge in [0.1, 0.15) is 6.61 Å². The molecule has 2 aromatic carbocycles. The fourth-order valence-corrected chi connectivity index (χ4v) is 4.88. The summed E-state index contributed by atoms with van der Waals surface area (Å²) in [5, 5.41) is 2.80. The van der Waals surface area contributed by atoms with E-state index >= 15 is 0 Å². The van der Waals surface area contributed by atoms with E-state index in [9.17, 15) is 18.0 Å². The van der Waals surface area contributed by atoms with Crippen molar-refractivity contribution in [3.8, 4) is 0 Å². The Balaban J connectivity index is 1.58. The summed E-state index contributed by atoms with van der Waals surface area (Å²) >= 11 is 0. The highest BCUT2D eigenvalue weighted by atomic mass is 32.2. The van der Waals surface area contributed by atoms with Crippen LogP contribution < -0.4 is 10.2 Å². The van der Waals surface area contributed by atoms with E-state index in [1.54, 1.807) is 19.2 Å². The molecule has 1 aliphatic rings. The Hall–Kier alpha value is -3.17. The molecule has 1 saturated heterocycles. The molecule has 0 unspecified atom stereocenters. The van der Waals surface area contributed by atoms with Crippen LogP contribution in [0.1, 0.15) is 18.4 Å². The number of anilines is 1. The number of rotatable bonds is 7. The third kappa shape index (κ3) is 5.74. The van der Waals surface area contributed by atoms with Crippen molar-refractivity contribution in [2.45, 2.75) is 30.4 Å². The van der Waals surface area contributed by atoms with Crippen molar-refractivity contribution in [3.63, 3.8) is 0 Å². The van der Waals surface area contributed by atoms with Gasteiger partial charge in [0.15, 0.2) is 0 Å². The molecule has 0 bridgehead atoms. The molecule has 0 spiro atoms. The van der Waals surface area contributed by atoms with Crippen molar-refractivity contribution in [3.05, 3.63) is 72.8 Å². The van der Waals surface area contributed by atoms with E-state index < -0.39 is 16.1 Å². The van der Waals surface area contributed by atoms with Crippen LogP contribution in [-0.2, 0) is 26.2 Å². The average Bonchev–Trinajstić information content (AvgIpc) is 2.83. The number of nitrogens with zero attached hydrogens (tertiary/aromatic N) is 2. The first-order valence-corrected chi connectivity index (χ1v) is 11.7. The Labute approximate surface area is 188 Å². The number of carbonyl (C=O) groups excluding carboxylic acids is 2. The molecule has 0 aliphatic carbocycles. The second-order valence-electron chi connectivity index (χ2n) is 7.48. The summed E-state index contributed by atoms with van der Waals surface area (Å²) in [6.45, 7) is 4.21. The number of nitrogens with one attached hydrogen (secondary N) is 1. The van der Waals surface area contributed by atoms with Gasteiger partial charge in [-0.05, 0) is 48.7 Å². The van der Waals surface area contributed by atoms with Crippen LogP contribution >= 0.6 is 0 Å². The molecule has 170 valence electrons. The van der Waals surface area contributed by atoms with Crippen LogP contribution in [0.25, 0.3) is 0 Å². The van der Waals surface area contributed by atoms with E-state index in [0.29, 0.717) is 31.6 Å². The number of sulfonamides is 1.